The Hall–Kier alpha value is -3.63. The molecule has 1 aliphatic carbocycles. The number of aryl methyl sites for hydroxylation is 1. The molecule has 15 unspecified atom stereocenters. The van der Waals surface area contributed by atoms with Gasteiger partial charge in [0.15, 0.2) is 0 Å². The first-order chi connectivity index (χ1) is 31.9. The van der Waals surface area contributed by atoms with E-state index < -0.39 is 89.9 Å². The Morgan fingerprint density at radius 1 is 0.925 bits per heavy atom. The minimum Gasteiger partial charge on any atom is -0.456 e. The number of methoxy groups -OCH3 is 3. The van der Waals surface area contributed by atoms with Crippen LogP contribution in [0.1, 0.15) is 117 Å². The summed E-state index contributed by atoms with van der Waals surface area (Å²) >= 11 is 0. The number of fused-ring (bicyclic) bond motifs is 3. The number of rotatable bonds is 10. The number of cyclic esters (lactones) is 1. The normalized spacial score (nSPS) is 37.9. The molecule has 3 fully saturated rings. The third-order valence-corrected chi connectivity index (χ3v) is 15.0. The van der Waals surface area contributed by atoms with Gasteiger partial charge in [0.1, 0.15) is 30.2 Å². The molecule has 3 aliphatic heterocycles. The van der Waals surface area contributed by atoms with E-state index in [1.165, 1.54) is 19.8 Å². The molecular formula is C53H78FNO12. The van der Waals surface area contributed by atoms with Crippen LogP contribution in [0.5, 0.6) is 0 Å². The van der Waals surface area contributed by atoms with Crippen LogP contribution in [0.15, 0.2) is 53.6 Å². The molecule has 0 spiro atoms. The number of carbonyl (C=O) groups excluding carboxylic acids is 4. The smallest absolute Gasteiger partial charge is 0.329 e. The molecule has 13 nitrogen and oxygen atoms in total. The summed E-state index contributed by atoms with van der Waals surface area (Å²) in [5.74, 6) is -9.04. The minimum atomic E-state index is -2.61. The molecular weight excluding hydrogens is 862 g/mol. The quantitative estimate of drug-likeness (QED) is 0.135. The van der Waals surface area contributed by atoms with Crippen LogP contribution in [0.3, 0.4) is 0 Å². The third-order valence-electron chi connectivity index (χ3n) is 15.0. The molecule has 4 aliphatic rings. The lowest BCUT2D eigenvalue weighted by Crippen LogP contribution is -2.64. The van der Waals surface area contributed by atoms with Gasteiger partial charge in [-0.3, -0.25) is 14.4 Å². The van der Waals surface area contributed by atoms with E-state index in [-0.39, 0.29) is 56.1 Å². The zero-order chi connectivity index (χ0) is 49.2. The predicted molar refractivity (Wildman–Crippen MR) is 252 cm³/mol. The molecule has 3 heterocycles. The largest absolute Gasteiger partial charge is 0.456 e. The Labute approximate surface area is 397 Å². The molecule has 2 bridgehead atoms. The molecule has 67 heavy (non-hydrogen) atoms. The number of aliphatic hydroxyl groups is 2. The second-order valence-corrected chi connectivity index (χ2v) is 19.7. The second-order valence-electron chi connectivity index (χ2n) is 19.7. The highest BCUT2D eigenvalue weighted by atomic mass is 19.1. The van der Waals surface area contributed by atoms with E-state index >= 15 is 4.39 Å². The number of halogens is 1. The highest BCUT2D eigenvalue weighted by molar-refractivity contribution is 6.39. The van der Waals surface area contributed by atoms with Crippen LogP contribution in [0.4, 0.5) is 4.39 Å². The van der Waals surface area contributed by atoms with Crippen molar-refractivity contribution in [3.8, 4) is 0 Å². The van der Waals surface area contributed by atoms with Crippen molar-refractivity contribution in [2.75, 3.05) is 34.5 Å². The average molecular weight is 940 g/mol. The Morgan fingerprint density at radius 3 is 2.28 bits per heavy atom. The lowest BCUT2D eigenvalue weighted by molar-refractivity contribution is -0.302. The van der Waals surface area contributed by atoms with Gasteiger partial charge in [-0.15, -0.1) is 0 Å². The van der Waals surface area contributed by atoms with E-state index in [0.717, 1.165) is 16.9 Å². The molecule has 14 heteroatoms. The number of amides is 1. The Bertz CT molecular complexity index is 1940. The van der Waals surface area contributed by atoms with Gasteiger partial charge >= 0.3 is 5.97 Å². The predicted octanol–water partition coefficient (Wildman–Crippen LogP) is 7.47. The number of ether oxygens (including phenoxy) is 6. The first-order valence-electron chi connectivity index (χ1n) is 24.5. The topological polar surface area (TPSA) is 167 Å². The standard InChI is InChI=1S/C53H78FNO12/c1-11-38-26-32(3)47(54)33(4)27-45(63-9)49-46(64-10)28-35(6)53(61,67-49)50(58)51(59)55-23-15-14-20-40(55)52(60)66-48(36(7)41(56)30-42(38)57)34(5)25-37-21-22-43(44(29-37)62-8)65-24-16-19-39-18-13-12-17-31(39)2/h12-13,16-19,25-26,33,35-38,40-41,43-49,56,61H,11,14-15,20-24,27-30H2,1-10H3/b19-16?,32-26+,34-25?. The third kappa shape index (κ3) is 13.2. The summed E-state index contributed by atoms with van der Waals surface area (Å²) in [6, 6.07) is 6.96. The fourth-order valence-electron chi connectivity index (χ4n) is 10.6. The molecule has 2 saturated heterocycles. The van der Waals surface area contributed by atoms with Crippen LogP contribution in [0.25, 0.3) is 6.08 Å². The Morgan fingerprint density at radius 2 is 1.61 bits per heavy atom. The summed E-state index contributed by atoms with van der Waals surface area (Å²) in [6.45, 7) is 12.8. The van der Waals surface area contributed by atoms with Crippen molar-refractivity contribution < 1.29 is 62.2 Å². The fraction of sp³-hybridized carbons (Fsp3) is 0.698. The number of nitrogens with zero attached hydrogens (tertiary/aromatic N) is 1. The molecule has 1 amide bonds. The SMILES string of the molecule is CCC1/C=C(\C)C(F)C(C)CC(OC)C2OC(O)(C(=O)C(=O)N3CCCCC3C(=O)OC(C(C)=CC3CCC(OCC=Cc4ccccc4C)C(OC)C3)C(C)C(O)CC1=O)C(C)CC2OC. The number of carbonyl (C=O) groups is 4. The minimum absolute atomic E-state index is 0.00130. The van der Waals surface area contributed by atoms with Crippen molar-refractivity contribution in [2.24, 2.45) is 29.6 Å². The maximum atomic E-state index is 16.3. The van der Waals surface area contributed by atoms with Crippen LogP contribution < -0.4 is 0 Å². The van der Waals surface area contributed by atoms with Crippen molar-refractivity contribution >= 4 is 29.5 Å². The van der Waals surface area contributed by atoms with Gasteiger partial charge in [-0.25, -0.2) is 9.18 Å². The monoisotopic (exact) mass is 940 g/mol. The summed E-state index contributed by atoms with van der Waals surface area (Å²) in [5, 5.41) is 23.9. The Balaban J connectivity index is 1.46. The zero-order valence-corrected chi connectivity index (χ0v) is 41.5. The van der Waals surface area contributed by atoms with Crippen molar-refractivity contribution in [3.05, 3.63) is 64.8 Å². The molecule has 2 N–H and O–H groups in total. The van der Waals surface area contributed by atoms with Gasteiger partial charge in [0, 0.05) is 52.0 Å². The summed E-state index contributed by atoms with van der Waals surface area (Å²) in [5.41, 5.74) is 3.30. The number of alkyl halides is 1. The van der Waals surface area contributed by atoms with Gasteiger partial charge in [0.25, 0.3) is 11.7 Å². The number of esters is 1. The van der Waals surface area contributed by atoms with E-state index in [2.05, 4.69) is 25.1 Å². The highest BCUT2D eigenvalue weighted by Gasteiger charge is 2.57. The molecule has 0 radical (unpaired) electrons. The summed E-state index contributed by atoms with van der Waals surface area (Å²) < 4.78 is 52.7. The van der Waals surface area contributed by atoms with Crippen LogP contribution in [0.2, 0.25) is 0 Å². The van der Waals surface area contributed by atoms with Crippen molar-refractivity contribution in [1.82, 2.24) is 4.90 Å². The fourth-order valence-corrected chi connectivity index (χ4v) is 10.6. The van der Waals surface area contributed by atoms with Gasteiger partial charge < -0.3 is 43.5 Å². The number of ketones is 2. The zero-order valence-electron chi connectivity index (χ0n) is 41.5. The molecule has 374 valence electrons. The number of aliphatic hydroxyl groups excluding tert-OH is 1. The molecule has 15 atom stereocenters. The van der Waals surface area contributed by atoms with Crippen molar-refractivity contribution in [3.63, 3.8) is 0 Å². The van der Waals surface area contributed by atoms with Crippen LogP contribution in [-0.4, -0.2) is 134 Å². The van der Waals surface area contributed by atoms with Gasteiger partial charge in [0.2, 0.25) is 5.79 Å². The maximum absolute atomic E-state index is 16.3. The lowest BCUT2D eigenvalue weighted by Gasteiger charge is -2.47. The number of piperidine rings is 1. The molecule has 1 aromatic carbocycles. The van der Waals surface area contributed by atoms with Gasteiger partial charge in [-0.1, -0.05) is 76.3 Å². The van der Waals surface area contributed by atoms with Gasteiger partial charge in [-0.2, -0.15) is 0 Å². The van der Waals surface area contributed by atoms with Crippen LogP contribution in [-0.2, 0) is 47.6 Å². The average Bonchev–Trinajstić information content (AvgIpc) is 3.32. The van der Waals surface area contributed by atoms with E-state index in [9.17, 15) is 29.4 Å². The van der Waals surface area contributed by atoms with E-state index in [1.807, 2.05) is 38.1 Å². The Kier molecular flexibility index (Phi) is 20.1. The second kappa shape index (κ2) is 24.8. The maximum Gasteiger partial charge on any atom is 0.329 e. The number of Topliss-reactive ketones (excluding diaryl/α,β-unsaturated/α-hetero) is 2. The van der Waals surface area contributed by atoms with E-state index in [0.29, 0.717) is 49.9 Å². The molecule has 1 saturated carbocycles. The van der Waals surface area contributed by atoms with E-state index in [1.54, 1.807) is 40.9 Å². The lowest BCUT2D eigenvalue weighted by atomic mass is 9.81. The molecule has 1 aromatic rings. The van der Waals surface area contributed by atoms with Crippen LogP contribution in [0, 0.1) is 36.5 Å². The van der Waals surface area contributed by atoms with Crippen molar-refractivity contribution in [1.29, 1.82) is 0 Å². The molecule has 0 aromatic heterocycles. The van der Waals surface area contributed by atoms with E-state index in [4.69, 9.17) is 28.4 Å². The number of hydrogen-bond acceptors (Lipinski definition) is 12. The van der Waals surface area contributed by atoms with Gasteiger partial charge in [0.05, 0.1) is 37.1 Å². The molecule has 5 rings (SSSR count). The summed E-state index contributed by atoms with van der Waals surface area (Å²) in [7, 11) is 4.56. The summed E-state index contributed by atoms with van der Waals surface area (Å²) in [6.07, 6.45) is 4.63. The first kappa shape index (κ1) is 54.3. The highest BCUT2D eigenvalue weighted by Crippen LogP contribution is 2.40. The van der Waals surface area contributed by atoms with Crippen LogP contribution >= 0.6 is 0 Å². The van der Waals surface area contributed by atoms with Gasteiger partial charge in [-0.05, 0) is 113 Å². The first-order valence-corrected chi connectivity index (χ1v) is 24.5. The summed E-state index contributed by atoms with van der Waals surface area (Å²) in [4.78, 5) is 58.3. The van der Waals surface area contributed by atoms with Crippen molar-refractivity contribution in [2.45, 2.75) is 173 Å². The number of allylic oxidation sites excluding steroid dienone is 3. The number of hydrogen-bond donors (Lipinski definition) is 2. The number of benzene rings is 1.